The molecule has 1 heterocycles. The molecule has 11 heavy (non-hydrogen) atoms. The third kappa shape index (κ3) is 2.27. The van der Waals surface area contributed by atoms with Gasteiger partial charge in [0, 0.05) is 5.92 Å². The van der Waals surface area contributed by atoms with E-state index in [0.717, 1.165) is 5.75 Å². The normalized spacial score (nSPS) is 28.9. The summed E-state index contributed by atoms with van der Waals surface area (Å²) < 4.78 is 35.5. The van der Waals surface area contributed by atoms with E-state index in [2.05, 4.69) is 0 Å². The Labute approximate surface area is 67.0 Å². The van der Waals surface area contributed by atoms with Gasteiger partial charge in [-0.2, -0.15) is 24.9 Å². The minimum atomic E-state index is -4.43. The van der Waals surface area contributed by atoms with Crippen LogP contribution in [0, 0.1) is 5.92 Å². The molecule has 1 nitrogen and oxygen atoms in total. The van der Waals surface area contributed by atoms with Crippen LogP contribution < -0.4 is 0 Å². The van der Waals surface area contributed by atoms with Gasteiger partial charge in [0.15, 0.2) is 6.10 Å². The van der Waals surface area contributed by atoms with Gasteiger partial charge in [0.05, 0.1) is 0 Å². The van der Waals surface area contributed by atoms with Crippen molar-refractivity contribution in [3.63, 3.8) is 0 Å². The summed E-state index contributed by atoms with van der Waals surface area (Å²) in [5, 5.41) is 8.75. The minimum Gasteiger partial charge on any atom is -0.383 e. The molecule has 1 rings (SSSR count). The molecule has 0 aromatic heterocycles. The SMILES string of the molecule is O[C@H](C1CCSC1)C(F)(F)F. The van der Waals surface area contributed by atoms with E-state index in [1.165, 1.54) is 11.8 Å². The first-order valence-electron chi connectivity index (χ1n) is 3.34. The Morgan fingerprint density at radius 2 is 2.09 bits per heavy atom. The van der Waals surface area contributed by atoms with Gasteiger partial charge < -0.3 is 5.11 Å². The van der Waals surface area contributed by atoms with Gasteiger partial charge >= 0.3 is 6.18 Å². The first kappa shape index (κ1) is 9.19. The predicted octanol–water partition coefficient (Wildman–Crippen LogP) is 1.66. The van der Waals surface area contributed by atoms with Gasteiger partial charge in [0.1, 0.15) is 0 Å². The van der Waals surface area contributed by atoms with Gasteiger partial charge in [-0.05, 0) is 17.9 Å². The zero-order chi connectivity index (χ0) is 8.48. The molecule has 66 valence electrons. The molecule has 1 aliphatic heterocycles. The van der Waals surface area contributed by atoms with Crippen LogP contribution >= 0.6 is 11.8 Å². The number of hydrogen-bond acceptors (Lipinski definition) is 2. The van der Waals surface area contributed by atoms with Crippen molar-refractivity contribution < 1.29 is 18.3 Å². The van der Waals surface area contributed by atoms with Crippen LogP contribution in [0.5, 0.6) is 0 Å². The molecule has 1 unspecified atom stereocenters. The average molecular weight is 186 g/mol. The van der Waals surface area contributed by atoms with Crippen LogP contribution in [0.4, 0.5) is 13.2 Å². The summed E-state index contributed by atoms with van der Waals surface area (Å²) in [5.41, 5.74) is 0. The summed E-state index contributed by atoms with van der Waals surface area (Å²) in [6.45, 7) is 0. The lowest BCUT2D eigenvalue weighted by Gasteiger charge is -2.19. The van der Waals surface area contributed by atoms with Crippen LogP contribution in [0.15, 0.2) is 0 Å². The fourth-order valence-corrected chi connectivity index (χ4v) is 2.36. The van der Waals surface area contributed by atoms with E-state index in [0.29, 0.717) is 12.2 Å². The Morgan fingerprint density at radius 3 is 2.45 bits per heavy atom. The van der Waals surface area contributed by atoms with E-state index in [1.54, 1.807) is 0 Å². The van der Waals surface area contributed by atoms with Gasteiger partial charge in [-0.1, -0.05) is 0 Å². The molecule has 0 saturated carbocycles. The van der Waals surface area contributed by atoms with E-state index >= 15 is 0 Å². The Morgan fingerprint density at radius 1 is 1.45 bits per heavy atom. The molecule has 0 aliphatic carbocycles. The van der Waals surface area contributed by atoms with Crippen LogP contribution in [0.3, 0.4) is 0 Å². The lowest BCUT2D eigenvalue weighted by atomic mass is 10.0. The molecule has 0 aromatic rings. The summed E-state index contributed by atoms with van der Waals surface area (Å²) in [4.78, 5) is 0. The highest BCUT2D eigenvalue weighted by Gasteiger charge is 2.44. The number of hydrogen-bond donors (Lipinski definition) is 1. The highest BCUT2D eigenvalue weighted by molar-refractivity contribution is 7.99. The summed E-state index contributed by atoms with van der Waals surface area (Å²) in [6.07, 6.45) is -6.07. The maximum atomic E-state index is 11.8. The molecule has 1 fully saturated rings. The molecule has 0 radical (unpaired) electrons. The zero-order valence-corrected chi connectivity index (χ0v) is 6.58. The molecule has 0 aromatic carbocycles. The van der Waals surface area contributed by atoms with Gasteiger partial charge in [0.2, 0.25) is 0 Å². The summed E-state index contributed by atoms with van der Waals surface area (Å²) in [6, 6.07) is 0. The Kier molecular flexibility index (Phi) is 2.70. The van der Waals surface area contributed by atoms with Crippen LogP contribution in [-0.2, 0) is 0 Å². The largest absolute Gasteiger partial charge is 0.414 e. The summed E-state index contributed by atoms with van der Waals surface area (Å²) in [5.74, 6) is 0.582. The van der Waals surface area contributed by atoms with E-state index in [9.17, 15) is 13.2 Å². The Balaban J connectivity index is 2.46. The number of aliphatic hydroxyl groups is 1. The van der Waals surface area contributed by atoms with Crippen molar-refractivity contribution in [2.24, 2.45) is 5.92 Å². The quantitative estimate of drug-likeness (QED) is 0.672. The lowest BCUT2D eigenvalue weighted by Crippen LogP contribution is -2.35. The smallest absolute Gasteiger partial charge is 0.383 e. The second-order valence-electron chi connectivity index (χ2n) is 2.61. The van der Waals surface area contributed by atoms with Gasteiger partial charge in [-0.3, -0.25) is 0 Å². The van der Waals surface area contributed by atoms with E-state index in [4.69, 9.17) is 5.11 Å². The second-order valence-corrected chi connectivity index (χ2v) is 3.76. The molecule has 1 aliphatic rings. The highest BCUT2D eigenvalue weighted by Crippen LogP contribution is 2.33. The van der Waals surface area contributed by atoms with Crippen molar-refractivity contribution in [1.82, 2.24) is 0 Å². The van der Waals surface area contributed by atoms with Crippen LogP contribution in [0.1, 0.15) is 6.42 Å². The maximum Gasteiger partial charge on any atom is 0.414 e. The molecule has 5 heteroatoms. The predicted molar refractivity (Wildman–Crippen MR) is 37.5 cm³/mol. The first-order valence-corrected chi connectivity index (χ1v) is 4.50. The number of halogens is 3. The molecule has 1 N–H and O–H groups in total. The fourth-order valence-electron chi connectivity index (χ4n) is 1.07. The monoisotopic (exact) mass is 186 g/mol. The molecule has 1 saturated heterocycles. The topological polar surface area (TPSA) is 20.2 Å². The first-order chi connectivity index (χ1) is 5.02. The van der Waals surface area contributed by atoms with Gasteiger partial charge in [-0.25, -0.2) is 0 Å². The maximum absolute atomic E-state index is 11.8. The van der Waals surface area contributed by atoms with Crippen molar-refractivity contribution in [2.45, 2.75) is 18.7 Å². The zero-order valence-electron chi connectivity index (χ0n) is 5.77. The molecule has 2 atom stereocenters. The second kappa shape index (κ2) is 3.23. The number of alkyl halides is 3. The fraction of sp³-hybridized carbons (Fsp3) is 1.00. The van der Waals surface area contributed by atoms with Crippen LogP contribution in [-0.4, -0.2) is 28.9 Å². The number of aliphatic hydroxyl groups excluding tert-OH is 1. The minimum absolute atomic E-state index is 0.431. The molecule has 0 spiro atoms. The third-order valence-corrected chi connectivity index (χ3v) is 2.94. The van der Waals surface area contributed by atoms with Crippen LogP contribution in [0.25, 0.3) is 0 Å². The Hall–Kier alpha value is 0.100. The third-order valence-electron chi connectivity index (χ3n) is 1.75. The average Bonchev–Trinajstić information content (AvgIpc) is 2.34. The number of thioether (sulfide) groups is 1. The van der Waals surface area contributed by atoms with Crippen molar-refractivity contribution in [2.75, 3.05) is 11.5 Å². The van der Waals surface area contributed by atoms with Gasteiger partial charge in [-0.15, -0.1) is 0 Å². The highest BCUT2D eigenvalue weighted by atomic mass is 32.2. The van der Waals surface area contributed by atoms with Crippen molar-refractivity contribution in [3.05, 3.63) is 0 Å². The van der Waals surface area contributed by atoms with Crippen molar-refractivity contribution in [1.29, 1.82) is 0 Å². The van der Waals surface area contributed by atoms with Crippen LogP contribution in [0.2, 0.25) is 0 Å². The molecular weight excluding hydrogens is 177 g/mol. The van der Waals surface area contributed by atoms with E-state index < -0.39 is 18.2 Å². The summed E-state index contributed by atoms with van der Waals surface area (Å²) in [7, 11) is 0. The lowest BCUT2D eigenvalue weighted by molar-refractivity contribution is -0.216. The molecule has 0 amide bonds. The van der Waals surface area contributed by atoms with E-state index in [-0.39, 0.29) is 0 Å². The van der Waals surface area contributed by atoms with E-state index in [1.807, 2.05) is 0 Å². The summed E-state index contributed by atoms with van der Waals surface area (Å²) >= 11 is 1.47. The molecular formula is C6H9F3OS. The van der Waals surface area contributed by atoms with Crippen molar-refractivity contribution in [3.8, 4) is 0 Å². The Bertz CT molecular complexity index is 130. The number of rotatable bonds is 1. The van der Waals surface area contributed by atoms with Gasteiger partial charge in [0.25, 0.3) is 0 Å². The molecule has 0 bridgehead atoms. The van der Waals surface area contributed by atoms with Crippen molar-refractivity contribution >= 4 is 11.8 Å². The standard InChI is InChI=1S/C6H9F3OS/c7-6(8,9)5(10)4-1-2-11-3-4/h4-5,10H,1-3H2/t4?,5-/m1/s1.